The average Bonchev–Trinajstić information content (AvgIpc) is 3.62. The van der Waals surface area contributed by atoms with Crippen molar-refractivity contribution >= 4 is 42.4 Å². The molecule has 4 aromatic carbocycles. The number of hydrogen-bond donors (Lipinski definition) is 4. The van der Waals surface area contributed by atoms with Crippen LogP contribution >= 0.6 is 0 Å². The van der Waals surface area contributed by atoms with E-state index >= 15 is 0 Å². The summed E-state index contributed by atoms with van der Waals surface area (Å²) < 4.78 is 50.1. The van der Waals surface area contributed by atoms with Crippen molar-refractivity contribution in [3.63, 3.8) is 0 Å². The van der Waals surface area contributed by atoms with Crippen LogP contribution in [0, 0.1) is 13.8 Å². The standard InChI is InChI=1S/2C18H18N4O4S.Cr.Na/c2*1-3-27(25,26)14-9-10-15(16(23)11-14)19-20-17-12(2)21-22(18(17)24)13-7-5-4-6-8-13;;/h2*4-11,23-24H,3H2,1-2H3;;/q;;;+1. The first kappa shape index (κ1) is 45.5. The summed E-state index contributed by atoms with van der Waals surface area (Å²) >= 11 is 0. The van der Waals surface area contributed by atoms with E-state index in [0.29, 0.717) is 22.8 Å². The Morgan fingerprint density at radius 2 is 0.893 bits per heavy atom. The van der Waals surface area contributed by atoms with Crippen molar-refractivity contribution < 1.29 is 84.2 Å². The fourth-order valence-corrected chi connectivity index (χ4v) is 6.65. The van der Waals surface area contributed by atoms with Crippen LogP contribution in [0.15, 0.2) is 127 Å². The van der Waals surface area contributed by atoms with E-state index in [1.165, 1.54) is 47.5 Å². The third-order valence-corrected chi connectivity index (χ3v) is 11.4. The number of rotatable bonds is 10. The molecule has 0 spiro atoms. The maximum absolute atomic E-state index is 11.9. The van der Waals surface area contributed by atoms with E-state index in [-0.39, 0.29) is 114 Å². The van der Waals surface area contributed by atoms with Crippen LogP contribution < -0.4 is 29.6 Å². The number of phenols is 2. The van der Waals surface area contributed by atoms with Crippen LogP contribution in [0.5, 0.6) is 23.3 Å². The van der Waals surface area contributed by atoms with E-state index in [4.69, 9.17) is 0 Å². The second kappa shape index (κ2) is 19.3. The summed E-state index contributed by atoms with van der Waals surface area (Å²) in [4.78, 5) is 0.0229. The summed E-state index contributed by atoms with van der Waals surface area (Å²) in [6, 6.07) is 25.8. The summed E-state index contributed by atoms with van der Waals surface area (Å²) in [5.74, 6) is -1.15. The molecule has 2 aromatic heterocycles. The topological polar surface area (TPSA) is 234 Å². The van der Waals surface area contributed by atoms with Crippen LogP contribution in [0.4, 0.5) is 22.7 Å². The number of aromatic hydroxyl groups is 4. The van der Waals surface area contributed by atoms with Gasteiger partial charge in [0.15, 0.2) is 31.0 Å². The first-order valence-corrected chi connectivity index (χ1v) is 19.6. The zero-order chi connectivity index (χ0) is 39.2. The van der Waals surface area contributed by atoms with E-state index in [0.717, 1.165) is 12.1 Å². The minimum absolute atomic E-state index is 0. The number of para-hydroxylation sites is 2. The molecule has 0 aliphatic rings. The molecular formula is C36H36CrN8NaO8S2+. The van der Waals surface area contributed by atoms with Gasteiger partial charge in [-0.15, -0.1) is 20.5 Å². The van der Waals surface area contributed by atoms with E-state index in [1.54, 1.807) is 38.1 Å². The summed E-state index contributed by atoms with van der Waals surface area (Å²) in [5, 5.41) is 65.2. The molecule has 0 aliphatic heterocycles. The Morgan fingerprint density at radius 3 is 1.20 bits per heavy atom. The van der Waals surface area contributed by atoms with Gasteiger partial charge in [0.1, 0.15) is 22.9 Å². The summed E-state index contributed by atoms with van der Waals surface area (Å²) in [7, 11) is -6.86. The van der Waals surface area contributed by atoms with Gasteiger partial charge in [-0.25, -0.2) is 16.8 Å². The van der Waals surface area contributed by atoms with Gasteiger partial charge in [0, 0.05) is 29.5 Å². The Hall–Kier alpha value is -4.87. The molecule has 2 heterocycles. The van der Waals surface area contributed by atoms with Gasteiger partial charge in [-0.2, -0.15) is 19.6 Å². The summed E-state index contributed by atoms with van der Waals surface area (Å²) in [6.07, 6.45) is 0. The van der Waals surface area contributed by atoms with E-state index in [2.05, 4.69) is 30.7 Å². The molecule has 0 amide bonds. The van der Waals surface area contributed by atoms with Gasteiger partial charge in [-0.05, 0) is 62.4 Å². The van der Waals surface area contributed by atoms with Gasteiger partial charge in [-0.1, -0.05) is 50.2 Å². The Kier molecular flexibility index (Phi) is 15.7. The molecule has 0 saturated carbocycles. The molecule has 0 saturated heterocycles. The normalized spacial score (nSPS) is 11.5. The first-order chi connectivity index (χ1) is 25.7. The third kappa shape index (κ3) is 10.3. The molecule has 0 aliphatic carbocycles. The quantitative estimate of drug-likeness (QED) is 0.110. The second-order valence-electron chi connectivity index (χ2n) is 11.5. The molecule has 0 radical (unpaired) electrons. The molecule has 4 N–H and O–H groups in total. The van der Waals surface area contributed by atoms with Crippen LogP contribution in [0.1, 0.15) is 25.2 Å². The van der Waals surface area contributed by atoms with E-state index in [9.17, 15) is 37.3 Å². The van der Waals surface area contributed by atoms with Crippen molar-refractivity contribution in [3.8, 4) is 34.6 Å². The van der Waals surface area contributed by atoms with Gasteiger partial charge in [0.25, 0.3) is 0 Å². The van der Waals surface area contributed by atoms with Crippen LogP contribution in [0.25, 0.3) is 11.4 Å². The Morgan fingerprint density at radius 1 is 0.554 bits per heavy atom. The SMILES string of the molecule is CCS(=O)(=O)c1ccc(N=Nc2c(C)nn(-c3ccccc3)c2O)c(O)c1.CCS(=O)(=O)c1ccc(N=Nc2c(C)nn(-c3ccccc3)c2O)c(O)c1.[Cr].[Na+]. The minimum Gasteiger partial charge on any atom is -0.506 e. The first-order valence-electron chi connectivity index (χ1n) is 16.3. The van der Waals surface area contributed by atoms with Crippen molar-refractivity contribution in [1.82, 2.24) is 19.6 Å². The van der Waals surface area contributed by atoms with Crippen molar-refractivity contribution in [2.45, 2.75) is 37.5 Å². The van der Waals surface area contributed by atoms with Gasteiger partial charge in [0.05, 0.1) is 44.1 Å². The van der Waals surface area contributed by atoms with Gasteiger partial charge < -0.3 is 20.4 Å². The van der Waals surface area contributed by atoms with Crippen LogP contribution in [0.3, 0.4) is 0 Å². The maximum Gasteiger partial charge on any atom is 1.00 e. The predicted molar refractivity (Wildman–Crippen MR) is 200 cm³/mol. The minimum atomic E-state index is -3.43. The number of aromatic nitrogens is 4. The molecule has 0 atom stereocenters. The largest absolute Gasteiger partial charge is 1.00 e. The van der Waals surface area contributed by atoms with Crippen molar-refractivity contribution in [1.29, 1.82) is 0 Å². The number of phenolic OH excluding ortho intramolecular Hbond substituents is 2. The molecule has 6 rings (SSSR count). The monoisotopic (exact) mass is 847 g/mol. The number of benzene rings is 4. The molecule has 16 nitrogen and oxygen atoms in total. The molecular weight excluding hydrogens is 812 g/mol. The van der Waals surface area contributed by atoms with E-state index in [1.807, 2.05) is 36.4 Å². The van der Waals surface area contributed by atoms with Crippen molar-refractivity contribution in [2.75, 3.05) is 11.5 Å². The number of aryl methyl sites for hydroxylation is 2. The number of sulfone groups is 2. The van der Waals surface area contributed by atoms with Crippen LogP contribution in [-0.4, -0.2) is 68.3 Å². The maximum atomic E-state index is 11.9. The number of hydrogen-bond acceptors (Lipinski definition) is 14. The molecule has 0 fully saturated rings. The molecule has 0 bridgehead atoms. The molecule has 20 heteroatoms. The van der Waals surface area contributed by atoms with E-state index < -0.39 is 19.7 Å². The summed E-state index contributed by atoms with van der Waals surface area (Å²) in [5.41, 5.74) is 2.70. The molecule has 0 unspecified atom stereocenters. The van der Waals surface area contributed by atoms with Crippen LogP contribution in [-0.2, 0) is 37.0 Å². The van der Waals surface area contributed by atoms with Gasteiger partial charge in [-0.3, -0.25) is 0 Å². The van der Waals surface area contributed by atoms with Crippen molar-refractivity contribution in [3.05, 3.63) is 108 Å². The molecule has 56 heavy (non-hydrogen) atoms. The second-order valence-corrected chi connectivity index (χ2v) is 16.1. The fourth-order valence-electron chi connectivity index (χ4n) is 4.85. The molecule has 6 aromatic rings. The van der Waals surface area contributed by atoms with Crippen LogP contribution in [0.2, 0.25) is 0 Å². The zero-order valence-electron chi connectivity index (χ0n) is 30.9. The smallest absolute Gasteiger partial charge is 0.506 e. The molecule has 286 valence electrons. The number of nitrogens with zero attached hydrogens (tertiary/aromatic N) is 8. The Labute approximate surface area is 356 Å². The Balaban J connectivity index is 0.000000290. The number of azo groups is 2. The predicted octanol–water partition coefficient (Wildman–Crippen LogP) is 4.60. The van der Waals surface area contributed by atoms with Crippen molar-refractivity contribution in [2.24, 2.45) is 20.5 Å². The third-order valence-electron chi connectivity index (χ3n) is 7.90. The average molecular weight is 848 g/mol. The van der Waals surface area contributed by atoms with Gasteiger partial charge in [0.2, 0.25) is 11.8 Å². The van der Waals surface area contributed by atoms with Gasteiger partial charge >= 0.3 is 29.6 Å². The summed E-state index contributed by atoms with van der Waals surface area (Å²) in [6.45, 7) is 6.39. The fraction of sp³-hybridized carbons (Fsp3) is 0.167. The Bertz CT molecular complexity index is 2410. The zero-order valence-corrected chi connectivity index (χ0v) is 35.8.